The molecule has 4 rings (SSSR count). The molecule has 34 heavy (non-hydrogen) atoms. The number of nitrogens with one attached hydrogen (secondary N) is 1. The van der Waals surface area contributed by atoms with Crippen molar-refractivity contribution in [1.29, 1.82) is 0 Å². The molecule has 2 atom stereocenters. The molecule has 0 radical (unpaired) electrons. The van der Waals surface area contributed by atoms with E-state index in [1.165, 1.54) is 0 Å². The van der Waals surface area contributed by atoms with Gasteiger partial charge in [-0.1, -0.05) is 12.8 Å². The Bertz CT molecular complexity index is 873. The van der Waals surface area contributed by atoms with E-state index in [1.807, 2.05) is 4.90 Å². The van der Waals surface area contributed by atoms with Crippen LogP contribution < -0.4 is 10.7 Å². The maximum atomic E-state index is 12.5. The van der Waals surface area contributed by atoms with Crippen molar-refractivity contribution in [2.75, 3.05) is 57.3 Å². The molecule has 3 aliphatic heterocycles. The van der Waals surface area contributed by atoms with Crippen LogP contribution in [0.5, 0.6) is 0 Å². The molecule has 0 bridgehead atoms. The highest BCUT2D eigenvalue weighted by Crippen LogP contribution is 2.27. The SMILES string of the molecule is CC1C(N2CCN(CCC(=O)O)CC2)OC(=O)N1CCCCC1CCN(c2noc(=O)[nH]2)CC1. The Morgan fingerprint density at radius 2 is 1.82 bits per heavy atom. The number of hydrogen-bond acceptors (Lipinski definition) is 9. The minimum absolute atomic E-state index is 0.00549. The van der Waals surface area contributed by atoms with E-state index in [2.05, 4.69) is 36.3 Å². The van der Waals surface area contributed by atoms with Gasteiger partial charge in [-0.2, -0.15) is 0 Å². The van der Waals surface area contributed by atoms with Crippen LogP contribution in [0.1, 0.15) is 45.4 Å². The Labute approximate surface area is 198 Å². The number of unbranched alkanes of at least 4 members (excludes halogenated alkanes) is 1. The van der Waals surface area contributed by atoms with E-state index in [1.54, 1.807) is 0 Å². The Morgan fingerprint density at radius 3 is 2.47 bits per heavy atom. The minimum Gasteiger partial charge on any atom is -0.481 e. The molecule has 2 unspecified atom stereocenters. The first-order chi connectivity index (χ1) is 16.4. The smallest absolute Gasteiger partial charge is 0.440 e. The predicted octanol–water partition coefficient (Wildman–Crippen LogP) is 1.01. The van der Waals surface area contributed by atoms with Gasteiger partial charge in [0, 0.05) is 52.4 Å². The Hall–Kier alpha value is -2.60. The number of cyclic esters (lactones) is 1. The molecular weight excluding hydrogens is 444 g/mol. The fraction of sp³-hybridized carbons (Fsp3) is 0.818. The van der Waals surface area contributed by atoms with Gasteiger partial charge in [0.15, 0.2) is 6.23 Å². The molecule has 3 saturated heterocycles. The lowest BCUT2D eigenvalue weighted by atomic mass is 9.91. The number of anilines is 1. The lowest BCUT2D eigenvalue weighted by Gasteiger charge is -2.38. The van der Waals surface area contributed by atoms with Gasteiger partial charge in [0.05, 0.1) is 12.5 Å². The highest BCUT2D eigenvalue weighted by Gasteiger charge is 2.42. The number of H-pyrrole nitrogens is 1. The van der Waals surface area contributed by atoms with Gasteiger partial charge in [0.1, 0.15) is 0 Å². The molecule has 2 N–H and O–H groups in total. The van der Waals surface area contributed by atoms with Gasteiger partial charge in [0.2, 0.25) is 5.95 Å². The van der Waals surface area contributed by atoms with E-state index < -0.39 is 11.7 Å². The standard InChI is InChI=1S/C22H36N6O6/c1-16-19(26-14-12-25(13-15-26)9-7-18(29)30)33-22(32)28(16)8-3-2-4-17-5-10-27(11-6-17)20-23-21(31)34-24-20/h16-17,19H,2-15H2,1H3,(H,29,30)(H,23,24,31). The summed E-state index contributed by atoms with van der Waals surface area (Å²) in [6, 6.07) is 0.00549. The van der Waals surface area contributed by atoms with E-state index in [-0.39, 0.29) is 24.8 Å². The molecule has 12 heteroatoms. The number of aromatic nitrogens is 2. The number of carboxylic acid groups (broad SMARTS) is 1. The van der Waals surface area contributed by atoms with Gasteiger partial charge in [-0.3, -0.25) is 19.2 Å². The number of piperidine rings is 1. The zero-order valence-corrected chi connectivity index (χ0v) is 19.9. The summed E-state index contributed by atoms with van der Waals surface area (Å²) < 4.78 is 10.3. The van der Waals surface area contributed by atoms with E-state index in [0.717, 1.165) is 71.4 Å². The van der Waals surface area contributed by atoms with Crippen LogP contribution in [-0.4, -0.2) is 107 Å². The van der Waals surface area contributed by atoms with E-state index >= 15 is 0 Å². The van der Waals surface area contributed by atoms with Crippen LogP contribution in [-0.2, 0) is 9.53 Å². The fourth-order valence-corrected chi connectivity index (χ4v) is 5.27. The van der Waals surface area contributed by atoms with Gasteiger partial charge < -0.3 is 24.5 Å². The monoisotopic (exact) mass is 480 g/mol. The van der Waals surface area contributed by atoms with Crippen LogP contribution in [0.15, 0.2) is 9.32 Å². The number of carbonyl (C=O) groups excluding carboxylic acids is 1. The van der Waals surface area contributed by atoms with Gasteiger partial charge in [-0.05, 0) is 37.3 Å². The number of aromatic amines is 1. The summed E-state index contributed by atoms with van der Waals surface area (Å²) in [5.74, 6) is -0.137. The number of ether oxygens (including phenoxy) is 1. The number of nitrogens with zero attached hydrogens (tertiary/aromatic N) is 5. The number of aliphatic carboxylic acids is 1. The fourth-order valence-electron chi connectivity index (χ4n) is 5.27. The highest BCUT2D eigenvalue weighted by molar-refractivity contribution is 5.70. The number of amides is 1. The van der Waals surface area contributed by atoms with E-state index in [9.17, 15) is 14.4 Å². The average molecular weight is 481 g/mol. The van der Waals surface area contributed by atoms with E-state index in [0.29, 0.717) is 25.0 Å². The Balaban J connectivity index is 1.13. The van der Waals surface area contributed by atoms with Crippen LogP contribution >= 0.6 is 0 Å². The van der Waals surface area contributed by atoms with Crippen LogP contribution in [0.4, 0.5) is 10.7 Å². The predicted molar refractivity (Wildman–Crippen MR) is 123 cm³/mol. The molecule has 1 amide bonds. The highest BCUT2D eigenvalue weighted by atomic mass is 16.6. The second-order valence-corrected chi connectivity index (χ2v) is 9.57. The summed E-state index contributed by atoms with van der Waals surface area (Å²) in [7, 11) is 0. The Kier molecular flexibility index (Phi) is 8.09. The second-order valence-electron chi connectivity index (χ2n) is 9.57. The zero-order chi connectivity index (χ0) is 24.1. The molecule has 3 fully saturated rings. The number of hydrogen-bond donors (Lipinski definition) is 2. The van der Waals surface area contributed by atoms with Crippen LogP contribution in [0, 0.1) is 5.92 Å². The van der Waals surface area contributed by atoms with Gasteiger partial charge in [0.25, 0.3) is 0 Å². The van der Waals surface area contributed by atoms with Crippen molar-refractivity contribution in [3.05, 3.63) is 10.6 Å². The molecule has 3 aliphatic rings. The molecule has 12 nitrogen and oxygen atoms in total. The van der Waals surface area contributed by atoms with Crippen molar-refractivity contribution >= 4 is 18.0 Å². The van der Waals surface area contributed by atoms with Crippen LogP contribution in [0.2, 0.25) is 0 Å². The Morgan fingerprint density at radius 1 is 1.09 bits per heavy atom. The summed E-state index contributed by atoms with van der Waals surface area (Å²) in [4.78, 5) is 45.3. The maximum absolute atomic E-state index is 12.5. The van der Waals surface area contributed by atoms with Crippen molar-refractivity contribution in [2.24, 2.45) is 5.92 Å². The van der Waals surface area contributed by atoms with Gasteiger partial charge in [-0.25, -0.2) is 9.59 Å². The first kappa shape index (κ1) is 24.5. The van der Waals surface area contributed by atoms with Crippen molar-refractivity contribution in [2.45, 2.75) is 57.7 Å². The lowest BCUT2D eigenvalue weighted by molar-refractivity contribution is -0.137. The maximum Gasteiger partial charge on any atom is 0.440 e. The molecule has 190 valence electrons. The largest absolute Gasteiger partial charge is 0.481 e. The number of rotatable bonds is 10. The van der Waals surface area contributed by atoms with Gasteiger partial charge in [-0.15, -0.1) is 0 Å². The normalized spacial score (nSPS) is 25.1. The number of carbonyl (C=O) groups is 2. The summed E-state index contributed by atoms with van der Waals surface area (Å²) in [6.07, 6.45) is 4.93. The van der Waals surface area contributed by atoms with Crippen molar-refractivity contribution in [1.82, 2.24) is 24.8 Å². The quantitative estimate of drug-likeness (QED) is 0.467. The lowest BCUT2D eigenvalue weighted by Crippen LogP contribution is -2.53. The third-order valence-electron chi connectivity index (χ3n) is 7.37. The van der Waals surface area contributed by atoms with E-state index in [4.69, 9.17) is 9.84 Å². The topological polar surface area (TPSA) is 135 Å². The molecule has 0 aliphatic carbocycles. The third kappa shape index (κ3) is 6.09. The van der Waals surface area contributed by atoms with Gasteiger partial charge >= 0.3 is 17.8 Å². The average Bonchev–Trinajstić information content (AvgIpc) is 3.39. The molecular formula is C22H36N6O6. The molecule has 0 spiro atoms. The van der Waals surface area contributed by atoms with Crippen molar-refractivity contribution in [3.8, 4) is 0 Å². The summed E-state index contributed by atoms with van der Waals surface area (Å²) in [6.45, 7) is 8.16. The second kappa shape index (κ2) is 11.2. The molecule has 1 aromatic heterocycles. The number of carboxylic acids is 1. The molecule has 0 aromatic carbocycles. The van der Waals surface area contributed by atoms with Crippen molar-refractivity contribution in [3.63, 3.8) is 0 Å². The first-order valence-electron chi connectivity index (χ1n) is 12.4. The molecule has 0 saturated carbocycles. The first-order valence-corrected chi connectivity index (χ1v) is 12.4. The summed E-state index contributed by atoms with van der Waals surface area (Å²) in [5.41, 5.74) is 0. The third-order valence-corrected chi connectivity index (χ3v) is 7.37. The number of piperazine rings is 1. The molecule has 4 heterocycles. The minimum atomic E-state index is -0.772. The summed E-state index contributed by atoms with van der Waals surface area (Å²) in [5, 5.41) is 12.6. The van der Waals surface area contributed by atoms with Crippen LogP contribution in [0.3, 0.4) is 0 Å². The zero-order valence-electron chi connectivity index (χ0n) is 19.9. The summed E-state index contributed by atoms with van der Waals surface area (Å²) >= 11 is 0. The van der Waals surface area contributed by atoms with Crippen LogP contribution in [0.25, 0.3) is 0 Å². The molecule has 1 aromatic rings. The van der Waals surface area contributed by atoms with Crippen molar-refractivity contribution < 1.29 is 24.0 Å².